The van der Waals surface area contributed by atoms with E-state index in [1.54, 1.807) is 32.0 Å². The third kappa shape index (κ3) is 4.99. The minimum absolute atomic E-state index is 0.0913. The van der Waals surface area contributed by atoms with Gasteiger partial charge in [-0.25, -0.2) is 4.79 Å². The molecule has 5 nitrogen and oxygen atoms in total. The van der Waals surface area contributed by atoms with Crippen molar-refractivity contribution < 1.29 is 32.2 Å². The molecule has 0 spiro atoms. The summed E-state index contributed by atoms with van der Waals surface area (Å²) in [6.45, 7) is 4.88. The van der Waals surface area contributed by atoms with E-state index in [0.717, 1.165) is 29.0 Å². The Morgan fingerprint density at radius 2 is 1.90 bits per heavy atom. The second-order valence-corrected chi connectivity index (χ2v) is 7.80. The first-order valence-corrected chi connectivity index (χ1v) is 10.2. The fourth-order valence-corrected chi connectivity index (χ4v) is 4.35. The molecule has 0 aliphatic rings. The molecule has 0 aliphatic carbocycles. The third-order valence-electron chi connectivity index (χ3n) is 4.42. The van der Waals surface area contributed by atoms with E-state index in [2.05, 4.69) is 5.32 Å². The van der Waals surface area contributed by atoms with E-state index in [-0.39, 0.29) is 24.7 Å². The summed E-state index contributed by atoms with van der Waals surface area (Å²) in [6.07, 6.45) is -4.44. The summed E-state index contributed by atoms with van der Waals surface area (Å²) in [5, 5.41) is 3.51. The highest BCUT2D eigenvalue weighted by atomic mass is 32.1. The van der Waals surface area contributed by atoms with Crippen molar-refractivity contribution in [1.29, 1.82) is 0 Å². The highest BCUT2D eigenvalue weighted by molar-refractivity contribution is 7.23. The summed E-state index contributed by atoms with van der Waals surface area (Å²) in [5.41, 5.74) is 0.569. The van der Waals surface area contributed by atoms with Gasteiger partial charge in [-0.05, 0) is 37.1 Å². The topological polar surface area (TPSA) is 64.6 Å². The molecule has 0 aliphatic heterocycles. The number of alkyl halides is 3. The number of hydrogen-bond acceptors (Lipinski definition) is 5. The first-order valence-electron chi connectivity index (χ1n) is 9.41. The molecule has 1 aromatic heterocycles. The van der Waals surface area contributed by atoms with E-state index >= 15 is 0 Å². The molecule has 1 amide bonds. The fourth-order valence-electron chi connectivity index (χ4n) is 3.06. The molecule has 0 fully saturated rings. The van der Waals surface area contributed by atoms with Crippen LogP contribution in [0.4, 0.5) is 18.2 Å². The van der Waals surface area contributed by atoms with Crippen LogP contribution in [0, 0.1) is 6.92 Å². The number of hydrogen-bond donors (Lipinski definition) is 1. The maximum atomic E-state index is 13.0. The lowest BCUT2D eigenvalue weighted by Crippen LogP contribution is -2.10. The van der Waals surface area contributed by atoms with Crippen molar-refractivity contribution in [1.82, 2.24) is 0 Å². The number of benzene rings is 2. The summed E-state index contributed by atoms with van der Waals surface area (Å²) in [5.74, 6) is -0.493. The standard InChI is InChI=1S/C22H20F3NO4S/c1-4-29-21(28)17-16-9-8-12(2)18(19(16)31-20(17)26-13(3)27)30-11-14-6-5-7-15(10-14)22(23,24)25/h5-10H,4,11H2,1-3H3,(H,26,27). The van der Waals surface area contributed by atoms with Crippen LogP contribution < -0.4 is 10.1 Å². The minimum atomic E-state index is -4.44. The van der Waals surface area contributed by atoms with Crippen molar-refractivity contribution in [3.05, 3.63) is 58.7 Å². The number of nitrogens with one attached hydrogen (secondary N) is 1. The predicted molar refractivity (Wildman–Crippen MR) is 113 cm³/mol. The number of esters is 1. The number of rotatable bonds is 6. The average molecular weight is 451 g/mol. The fraction of sp³-hybridized carbons (Fsp3) is 0.273. The average Bonchev–Trinajstić information content (AvgIpc) is 3.04. The van der Waals surface area contributed by atoms with E-state index < -0.39 is 17.7 Å². The smallest absolute Gasteiger partial charge is 0.416 e. The Bertz CT molecular complexity index is 1140. The van der Waals surface area contributed by atoms with Crippen molar-refractivity contribution in [2.24, 2.45) is 0 Å². The molecule has 0 radical (unpaired) electrons. The van der Waals surface area contributed by atoms with Gasteiger partial charge >= 0.3 is 12.1 Å². The minimum Gasteiger partial charge on any atom is -0.487 e. The van der Waals surface area contributed by atoms with Gasteiger partial charge in [0.2, 0.25) is 5.91 Å². The van der Waals surface area contributed by atoms with Crippen molar-refractivity contribution in [3.63, 3.8) is 0 Å². The lowest BCUT2D eigenvalue weighted by Gasteiger charge is -2.12. The van der Waals surface area contributed by atoms with Gasteiger partial charge in [0.15, 0.2) is 0 Å². The number of anilines is 1. The summed E-state index contributed by atoms with van der Waals surface area (Å²) < 4.78 is 50.5. The number of thiophene rings is 1. The largest absolute Gasteiger partial charge is 0.487 e. The number of ether oxygens (including phenoxy) is 2. The third-order valence-corrected chi connectivity index (χ3v) is 5.54. The van der Waals surface area contributed by atoms with Gasteiger partial charge in [-0.3, -0.25) is 4.79 Å². The van der Waals surface area contributed by atoms with Crippen LogP contribution in [0.2, 0.25) is 0 Å². The van der Waals surface area contributed by atoms with Crippen molar-refractivity contribution in [2.45, 2.75) is 33.6 Å². The van der Waals surface area contributed by atoms with Gasteiger partial charge in [0.05, 0.1) is 16.9 Å². The first-order chi connectivity index (χ1) is 14.6. The Balaban J connectivity index is 2.02. The molecule has 164 valence electrons. The van der Waals surface area contributed by atoms with Gasteiger partial charge in [0.1, 0.15) is 22.9 Å². The number of aryl methyl sites for hydroxylation is 1. The van der Waals surface area contributed by atoms with Gasteiger partial charge in [0.25, 0.3) is 0 Å². The number of halogens is 3. The molecule has 2 aromatic carbocycles. The summed E-state index contributed by atoms with van der Waals surface area (Å²) in [6, 6.07) is 8.39. The monoisotopic (exact) mass is 451 g/mol. The Kier molecular flexibility index (Phi) is 6.54. The number of carbonyl (C=O) groups excluding carboxylic acids is 2. The van der Waals surface area contributed by atoms with Crippen LogP contribution in [-0.2, 0) is 22.3 Å². The zero-order chi connectivity index (χ0) is 22.8. The van der Waals surface area contributed by atoms with E-state index in [1.807, 2.05) is 0 Å². The Labute approximate surface area is 180 Å². The molecule has 0 bridgehead atoms. The van der Waals surface area contributed by atoms with Gasteiger partial charge in [0, 0.05) is 12.3 Å². The van der Waals surface area contributed by atoms with Crippen LogP contribution in [0.5, 0.6) is 5.75 Å². The maximum Gasteiger partial charge on any atom is 0.416 e. The summed E-state index contributed by atoms with van der Waals surface area (Å²) >= 11 is 1.15. The Hall–Kier alpha value is -3.07. The van der Waals surface area contributed by atoms with Crippen LogP contribution in [0.3, 0.4) is 0 Å². The molecule has 0 saturated carbocycles. The van der Waals surface area contributed by atoms with Crippen LogP contribution >= 0.6 is 11.3 Å². The van der Waals surface area contributed by atoms with Gasteiger partial charge in [-0.2, -0.15) is 13.2 Å². The SMILES string of the molecule is CCOC(=O)c1c(NC(C)=O)sc2c(OCc3cccc(C(F)(F)F)c3)c(C)ccc12. The second kappa shape index (κ2) is 8.97. The van der Waals surface area contributed by atoms with E-state index in [9.17, 15) is 22.8 Å². The number of fused-ring (bicyclic) bond motifs is 1. The van der Waals surface area contributed by atoms with Crippen molar-refractivity contribution in [3.8, 4) is 5.75 Å². The van der Waals surface area contributed by atoms with Crippen molar-refractivity contribution in [2.75, 3.05) is 11.9 Å². The van der Waals surface area contributed by atoms with Crippen LogP contribution in [0.25, 0.3) is 10.1 Å². The lowest BCUT2D eigenvalue weighted by molar-refractivity contribution is -0.137. The molecule has 31 heavy (non-hydrogen) atoms. The zero-order valence-electron chi connectivity index (χ0n) is 17.1. The van der Waals surface area contributed by atoms with Gasteiger partial charge in [-0.1, -0.05) is 24.3 Å². The molecule has 3 rings (SSSR count). The number of carbonyl (C=O) groups is 2. The Morgan fingerprint density at radius 3 is 2.55 bits per heavy atom. The zero-order valence-corrected chi connectivity index (χ0v) is 17.9. The van der Waals surface area contributed by atoms with E-state index in [1.165, 1.54) is 13.0 Å². The molecule has 1 heterocycles. The molecule has 9 heteroatoms. The van der Waals surface area contributed by atoms with E-state index in [0.29, 0.717) is 26.4 Å². The summed E-state index contributed by atoms with van der Waals surface area (Å²) in [4.78, 5) is 24.1. The molecule has 0 atom stereocenters. The Morgan fingerprint density at radius 1 is 1.16 bits per heavy atom. The number of amides is 1. The quantitative estimate of drug-likeness (QED) is 0.471. The maximum absolute atomic E-state index is 13.0. The molecular formula is C22H20F3NO4S. The van der Waals surface area contributed by atoms with Crippen molar-refractivity contribution >= 4 is 38.3 Å². The highest BCUT2D eigenvalue weighted by Crippen LogP contribution is 2.43. The van der Waals surface area contributed by atoms with Crippen LogP contribution in [0.1, 0.15) is 40.9 Å². The first kappa shape index (κ1) is 22.6. The molecule has 0 unspecified atom stereocenters. The lowest BCUT2D eigenvalue weighted by atomic mass is 10.1. The molecular weight excluding hydrogens is 431 g/mol. The van der Waals surface area contributed by atoms with Crippen LogP contribution in [-0.4, -0.2) is 18.5 Å². The van der Waals surface area contributed by atoms with Crippen LogP contribution in [0.15, 0.2) is 36.4 Å². The second-order valence-electron chi connectivity index (χ2n) is 6.78. The molecule has 3 aromatic rings. The highest BCUT2D eigenvalue weighted by Gasteiger charge is 2.30. The van der Waals surface area contributed by atoms with Gasteiger partial charge < -0.3 is 14.8 Å². The molecule has 0 saturated heterocycles. The predicted octanol–water partition coefficient (Wildman–Crippen LogP) is 5.94. The summed E-state index contributed by atoms with van der Waals surface area (Å²) in [7, 11) is 0. The normalized spacial score (nSPS) is 11.4. The van der Waals surface area contributed by atoms with E-state index in [4.69, 9.17) is 9.47 Å². The molecule has 1 N–H and O–H groups in total. The van der Waals surface area contributed by atoms with Gasteiger partial charge in [-0.15, -0.1) is 11.3 Å².